The Balaban J connectivity index is 1.62. The smallest absolute Gasteiger partial charge is 0.231 e. The third-order valence-electron chi connectivity index (χ3n) is 3.69. The largest absolute Gasteiger partial charge is 0.381 e. The van der Waals surface area contributed by atoms with E-state index < -0.39 is 0 Å². The van der Waals surface area contributed by atoms with Crippen LogP contribution in [0.15, 0.2) is 0 Å². The maximum Gasteiger partial charge on any atom is 0.231 e. The number of ether oxygens (including phenoxy) is 2. The van der Waals surface area contributed by atoms with Crippen molar-refractivity contribution in [2.24, 2.45) is 5.92 Å². The zero-order valence-electron chi connectivity index (χ0n) is 11.9. The molecule has 3 rings (SSSR count). The Hall–Kier alpha value is -1.18. The molecular formula is C13H20ClN5O2. The average molecular weight is 314 g/mol. The molecule has 21 heavy (non-hydrogen) atoms. The fourth-order valence-electron chi connectivity index (χ4n) is 2.53. The standard InChI is InChI=1S/C13H20ClN5O2/c14-11-16-12(15-8-10-2-1-5-21-9-10)18-13(17-11)19-3-6-20-7-4-19/h10H,1-9H2,(H,15,16,17,18). The second-order valence-corrected chi connectivity index (χ2v) is 5.63. The van der Waals surface area contributed by atoms with E-state index in [1.54, 1.807) is 0 Å². The molecule has 1 unspecified atom stereocenters. The van der Waals surface area contributed by atoms with E-state index in [0.717, 1.165) is 39.3 Å². The molecule has 2 fully saturated rings. The van der Waals surface area contributed by atoms with E-state index in [-0.39, 0.29) is 5.28 Å². The molecular weight excluding hydrogens is 294 g/mol. The first kappa shape index (κ1) is 14.7. The van der Waals surface area contributed by atoms with Crippen LogP contribution >= 0.6 is 11.6 Å². The third kappa shape index (κ3) is 4.15. The van der Waals surface area contributed by atoms with Crippen LogP contribution in [0.25, 0.3) is 0 Å². The van der Waals surface area contributed by atoms with Crippen LogP contribution in [0, 0.1) is 5.92 Å². The summed E-state index contributed by atoms with van der Waals surface area (Å²) in [5.41, 5.74) is 0. The van der Waals surface area contributed by atoms with Gasteiger partial charge in [0.1, 0.15) is 0 Å². The predicted octanol–water partition coefficient (Wildman–Crippen LogP) is 1.20. The summed E-state index contributed by atoms with van der Waals surface area (Å²) in [5.74, 6) is 1.64. The van der Waals surface area contributed by atoms with Crippen molar-refractivity contribution in [3.05, 3.63) is 5.28 Å². The Morgan fingerprint density at radius 1 is 1.14 bits per heavy atom. The first-order valence-electron chi connectivity index (χ1n) is 7.37. The number of rotatable bonds is 4. The maximum atomic E-state index is 6.01. The van der Waals surface area contributed by atoms with E-state index in [1.165, 1.54) is 6.42 Å². The fourth-order valence-corrected chi connectivity index (χ4v) is 2.68. The highest BCUT2D eigenvalue weighted by Gasteiger charge is 2.17. The number of hydrogen-bond donors (Lipinski definition) is 1. The minimum Gasteiger partial charge on any atom is -0.381 e. The number of morpholine rings is 1. The van der Waals surface area contributed by atoms with Crippen LogP contribution in [0.3, 0.4) is 0 Å². The molecule has 1 aromatic heterocycles. The fraction of sp³-hybridized carbons (Fsp3) is 0.769. The molecule has 7 nitrogen and oxygen atoms in total. The van der Waals surface area contributed by atoms with Crippen molar-refractivity contribution in [2.75, 3.05) is 56.3 Å². The quantitative estimate of drug-likeness (QED) is 0.895. The van der Waals surface area contributed by atoms with Gasteiger partial charge in [-0.15, -0.1) is 0 Å². The van der Waals surface area contributed by atoms with Gasteiger partial charge in [-0.05, 0) is 30.4 Å². The van der Waals surface area contributed by atoms with Crippen molar-refractivity contribution in [2.45, 2.75) is 12.8 Å². The van der Waals surface area contributed by atoms with Crippen LogP contribution in [-0.4, -0.2) is 61.0 Å². The molecule has 0 bridgehead atoms. The van der Waals surface area contributed by atoms with Crippen LogP contribution in [0.2, 0.25) is 5.28 Å². The van der Waals surface area contributed by atoms with Crippen molar-refractivity contribution in [1.82, 2.24) is 15.0 Å². The van der Waals surface area contributed by atoms with Crippen LogP contribution < -0.4 is 10.2 Å². The molecule has 1 aromatic rings. The third-order valence-corrected chi connectivity index (χ3v) is 3.86. The van der Waals surface area contributed by atoms with Crippen molar-refractivity contribution >= 4 is 23.5 Å². The minimum absolute atomic E-state index is 0.217. The number of aromatic nitrogens is 3. The van der Waals surface area contributed by atoms with Gasteiger partial charge in [-0.3, -0.25) is 0 Å². The van der Waals surface area contributed by atoms with Gasteiger partial charge in [0.25, 0.3) is 0 Å². The van der Waals surface area contributed by atoms with Crippen LogP contribution in [0.5, 0.6) is 0 Å². The lowest BCUT2D eigenvalue weighted by atomic mass is 10.0. The molecule has 1 atom stereocenters. The van der Waals surface area contributed by atoms with Gasteiger partial charge in [0.05, 0.1) is 19.8 Å². The van der Waals surface area contributed by atoms with Gasteiger partial charge in [-0.1, -0.05) is 0 Å². The average Bonchev–Trinajstić information content (AvgIpc) is 2.54. The number of halogens is 1. The van der Waals surface area contributed by atoms with Gasteiger partial charge in [-0.25, -0.2) is 0 Å². The van der Waals surface area contributed by atoms with Gasteiger partial charge in [0.15, 0.2) is 0 Å². The molecule has 3 heterocycles. The van der Waals surface area contributed by atoms with E-state index >= 15 is 0 Å². The Kier molecular flexibility index (Phi) is 5.05. The molecule has 2 saturated heterocycles. The van der Waals surface area contributed by atoms with Crippen LogP contribution in [-0.2, 0) is 9.47 Å². The maximum absolute atomic E-state index is 6.01. The molecule has 0 amide bonds. The Labute approximate surface area is 129 Å². The molecule has 8 heteroatoms. The topological polar surface area (TPSA) is 72.4 Å². The second-order valence-electron chi connectivity index (χ2n) is 5.29. The van der Waals surface area contributed by atoms with E-state index in [2.05, 4.69) is 25.2 Å². The van der Waals surface area contributed by atoms with E-state index in [4.69, 9.17) is 21.1 Å². The van der Waals surface area contributed by atoms with Crippen molar-refractivity contribution < 1.29 is 9.47 Å². The first-order chi connectivity index (χ1) is 10.3. The zero-order chi connectivity index (χ0) is 14.5. The molecule has 2 aliphatic heterocycles. The van der Waals surface area contributed by atoms with Gasteiger partial charge in [0, 0.05) is 26.2 Å². The predicted molar refractivity (Wildman–Crippen MR) is 79.9 cm³/mol. The summed E-state index contributed by atoms with van der Waals surface area (Å²) < 4.78 is 10.8. The summed E-state index contributed by atoms with van der Waals surface area (Å²) in [5, 5.41) is 3.47. The highest BCUT2D eigenvalue weighted by molar-refractivity contribution is 6.28. The summed E-state index contributed by atoms with van der Waals surface area (Å²) in [6, 6.07) is 0. The summed E-state index contributed by atoms with van der Waals surface area (Å²) in [6.07, 6.45) is 2.28. The molecule has 0 saturated carbocycles. The number of nitrogens with zero attached hydrogens (tertiary/aromatic N) is 4. The van der Waals surface area contributed by atoms with Gasteiger partial charge >= 0.3 is 0 Å². The summed E-state index contributed by atoms with van der Waals surface area (Å²) in [4.78, 5) is 14.9. The van der Waals surface area contributed by atoms with E-state index in [9.17, 15) is 0 Å². The molecule has 0 radical (unpaired) electrons. The highest BCUT2D eigenvalue weighted by atomic mass is 35.5. The highest BCUT2D eigenvalue weighted by Crippen LogP contribution is 2.17. The monoisotopic (exact) mass is 313 g/mol. The number of nitrogens with one attached hydrogen (secondary N) is 1. The number of hydrogen-bond acceptors (Lipinski definition) is 7. The van der Waals surface area contributed by atoms with Crippen molar-refractivity contribution in [3.63, 3.8) is 0 Å². The molecule has 1 N–H and O–H groups in total. The Morgan fingerprint density at radius 2 is 2.00 bits per heavy atom. The molecule has 116 valence electrons. The van der Waals surface area contributed by atoms with Crippen LogP contribution in [0.4, 0.5) is 11.9 Å². The molecule has 2 aliphatic rings. The Morgan fingerprint density at radius 3 is 2.76 bits per heavy atom. The second kappa shape index (κ2) is 7.20. The zero-order valence-corrected chi connectivity index (χ0v) is 12.7. The molecule has 0 spiro atoms. The van der Waals surface area contributed by atoms with Crippen molar-refractivity contribution in [1.29, 1.82) is 0 Å². The molecule has 0 aliphatic carbocycles. The summed E-state index contributed by atoms with van der Waals surface area (Å²) >= 11 is 6.01. The first-order valence-corrected chi connectivity index (χ1v) is 7.75. The van der Waals surface area contributed by atoms with Crippen LogP contribution in [0.1, 0.15) is 12.8 Å². The SMILES string of the molecule is Clc1nc(NCC2CCCOC2)nc(N2CCOCC2)n1. The van der Waals surface area contributed by atoms with E-state index in [1.807, 2.05) is 0 Å². The van der Waals surface area contributed by atoms with Gasteiger partial charge in [-0.2, -0.15) is 15.0 Å². The number of anilines is 2. The lowest BCUT2D eigenvalue weighted by Crippen LogP contribution is -2.37. The Bertz CT molecular complexity index is 464. The van der Waals surface area contributed by atoms with Gasteiger partial charge < -0.3 is 19.7 Å². The summed E-state index contributed by atoms with van der Waals surface area (Å²) in [7, 11) is 0. The van der Waals surface area contributed by atoms with Crippen molar-refractivity contribution in [3.8, 4) is 0 Å². The lowest BCUT2D eigenvalue weighted by Gasteiger charge is -2.27. The lowest BCUT2D eigenvalue weighted by molar-refractivity contribution is 0.0594. The van der Waals surface area contributed by atoms with E-state index in [0.29, 0.717) is 31.0 Å². The summed E-state index contributed by atoms with van der Waals surface area (Å²) in [6.45, 7) is 5.38. The minimum atomic E-state index is 0.217. The van der Waals surface area contributed by atoms with Gasteiger partial charge in [0.2, 0.25) is 17.2 Å². The normalized spacial score (nSPS) is 23.1. The molecule has 0 aromatic carbocycles.